The molecule has 0 fully saturated rings. The Labute approximate surface area is 81.6 Å². The minimum absolute atomic E-state index is 0.571. The fraction of sp³-hybridized carbons (Fsp3) is 0.182. The molecule has 0 aliphatic carbocycles. The summed E-state index contributed by atoms with van der Waals surface area (Å²) in [4.78, 5) is 0. The Kier molecular flexibility index (Phi) is 2.23. The van der Waals surface area contributed by atoms with Gasteiger partial charge in [-0.25, -0.2) is 0 Å². The number of furan rings is 1. The van der Waals surface area contributed by atoms with Gasteiger partial charge in [0.1, 0.15) is 11.3 Å². The summed E-state index contributed by atoms with van der Waals surface area (Å²) in [5.41, 5.74) is 1.39. The van der Waals surface area contributed by atoms with Gasteiger partial charge in [0, 0.05) is 5.39 Å². The van der Waals surface area contributed by atoms with Gasteiger partial charge in [0.05, 0.1) is 0 Å². The Morgan fingerprint density at radius 1 is 1.43 bits per heavy atom. The van der Waals surface area contributed by atoms with E-state index in [2.05, 4.69) is 5.16 Å². The number of fused-ring (bicyclic) bond motifs is 1. The molecule has 0 atom stereocenters. The van der Waals surface area contributed by atoms with Crippen molar-refractivity contribution in [1.29, 1.82) is 0 Å². The zero-order valence-electron chi connectivity index (χ0n) is 7.90. The summed E-state index contributed by atoms with van der Waals surface area (Å²) in [5.74, 6) is 0.635. The lowest BCUT2D eigenvalue weighted by atomic mass is 10.2. The molecule has 1 heterocycles. The molecule has 2 rings (SSSR count). The van der Waals surface area contributed by atoms with E-state index in [1.165, 1.54) is 0 Å². The molecule has 1 aromatic heterocycles. The summed E-state index contributed by atoms with van der Waals surface area (Å²) >= 11 is 0. The van der Waals surface area contributed by atoms with Gasteiger partial charge in [-0.1, -0.05) is 30.3 Å². The van der Waals surface area contributed by atoms with Crippen LogP contribution in [0.5, 0.6) is 0 Å². The van der Waals surface area contributed by atoms with Crippen molar-refractivity contribution in [3.05, 3.63) is 36.1 Å². The number of hydrogen-bond acceptors (Lipinski definition) is 3. The highest BCUT2D eigenvalue weighted by Crippen LogP contribution is 2.19. The molecule has 3 nitrogen and oxygen atoms in total. The SMILES string of the molecule is CC/C(=N\O)c1cc2ccccc2o1. The van der Waals surface area contributed by atoms with Crippen LogP contribution in [0.4, 0.5) is 0 Å². The zero-order chi connectivity index (χ0) is 9.97. The molecule has 0 radical (unpaired) electrons. The Balaban J connectivity index is 2.55. The largest absolute Gasteiger partial charge is 0.455 e. The van der Waals surface area contributed by atoms with Crippen molar-refractivity contribution < 1.29 is 9.62 Å². The third-order valence-corrected chi connectivity index (χ3v) is 2.17. The van der Waals surface area contributed by atoms with Gasteiger partial charge in [0.2, 0.25) is 0 Å². The number of benzene rings is 1. The highest BCUT2D eigenvalue weighted by molar-refractivity contribution is 6.00. The molecule has 0 saturated carbocycles. The second-order valence-electron chi connectivity index (χ2n) is 3.05. The van der Waals surface area contributed by atoms with E-state index in [0.717, 1.165) is 11.0 Å². The monoisotopic (exact) mass is 189 g/mol. The molecule has 0 saturated heterocycles. The fourth-order valence-electron chi connectivity index (χ4n) is 1.42. The first-order valence-electron chi connectivity index (χ1n) is 4.55. The second-order valence-corrected chi connectivity index (χ2v) is 3.05. The van der Waals surface area contributed by atoms with E-state index < -0.39 is 0 Å². The summed E-state index contributed by atoms with van der Waals surface area (Å²) in [6.45, 7) is 1.92. The van der Waals surface area contributed by atoms with Crippen LogP contribution in [0.2, 0.25) is 0 Å². The van der Waals surface area contributed by atoms with Crippen molar-refractivity contribution in [3.63, 3.8) is 0 Å². The molecular formula is C11H11NO2. The Morgan fingerprint density at radius 2 is 2.21 bits per heavy atom. The molecule has 0 aliphatic heterocycles. The highest BCUT2D eigenvalue weighted by atomic mass is 16.4. The first kappa shape index (κ1) is 8.81. The predicted molar refractivity (Wildman–Crippen MR) is 54.8 cm³/mol. The number of nitrogens with zero attached hydrogens (tertiary/aromatic N) is 1. The smallest absolute Gasteiger partial charge is 0.152 e. The predicted octanol–water partition coefficient (Wildman–Crippen LogP) is 3.02. The van der Waals surface area contributed by atoms with E-state index in [0.29, 0.717) is 17.9 Å². The standard InChI is InChI=1S/C11H11NO2/c1-2-9(12-13)11-7-8-5-3-4-6-10(8)14-11/h3-7,13H,2H2,1H3/b12-9+. The lowest BCUT2D eigenvalue weighted by Gasteiger charge is -1.93. The van der Waals surface area contributed by atoms with E-state index in [-0.39, 0.29) is 0 Å². The first-order chi connectivity index (χ1) is 6.85. The maximum atomic E-state index is 8.73. The molecule has 0 spiro atoms. The summed E-state index contributed by atoms with van der Waals surface area (Å²) < 4.78 is 5.52. The highest BCUT2D eigenvalue weighted by Gasteiger charge is 2.08. The summed E-state index contributed by atoms with van der Waals surface area (Å²) in [6.07, 6.45) is 0.649. The van der Waals surface area contributed by atoms with Gasteiger partial charge in [-0.05, 0) is 18.6 Å². The summed E-state index contributed by atoms with van der Waals surface area (Å²) in [7, 11) is 0. The van der Waals surface area contributed by atoms with Crippen molar-refractivity contribution in [1.82, 2.24) is 0 Å². The van der Waals surface area contributed by atoms with E-state index in [9.17, 15) is 0 Å². The maximum Gasteiger partial charge on any atom is 0.152 e. The molecule has 0 unspecified atom stereocenters. The minimum atomic E-state index is 0.571. The average molecular weight is 189 g/mol. The summed E-state index contributed by atoms with van der Waals surface area (Å²) in [6, 6.07) is 9.60. The van der Waals surface area contributed by atoms with Gasteiger partial charge in [-0.2, -0.15) is 0 Å². The maximum absolute atomic E-state index is 8.73. The first-order valence-corrected chi connectivity index (χ1v) is 4.55. The Hall–Kier alpha value is -1.77. The minimum Gasteiger partial charge on any atom is -0.455 e. The van der Waals surface area contributed by atoms with Gasteiger partial charge >= 0.3 is 0 Å². The molecule has 3 heteroatoms. The molecule has 72 valence electrons. The van der Waals surface area contributed by atoms with Crippen LogP contribution in [0.1, 0.15) is 19.1 Å². The molecule has 0 amide bonds. The molecule has 0 aliphatic rings. The van der Waals surface area contributed by atoms with Crippen molar-refractivity contribution >= 4 is 16.7 Å². The number of oxime groups is 1. The molecule has 1 aromatic carbocycles. The van der Waals surface area contributed by atoms with E-state index in [4.69, 9.17) is 9.62 Å². The number of para-hydroxylation sites is 1. The van der Waals surface area contributed by atoms with E-state index in [1.54, 1.807) is 0 Å². The normalized spacial score (nSPS) is 12.2. The van der Waals surface area contributed by atoms with Crippen molar-refractivity contribution in [3.8, 4) is 0 Å². The van der Waals surface area contributed by atoms with E-state index in [1.807, 2.05) is 37.3 Å². The summed E-state index contributed by atoms with van der Waals surface area (Å²) in [5, 5.41) is 13.0. The average Bonchev–Trinajstić information content (AvgIpc) is 2.63. The number of rotatable bonds is 2. The van der Waals surface area contributed by atoms with Crippen LogP contribution in [-0.2, 0) is 0 Å². The van der Waals surface area contributed by atoms with Crippen LogP contribution in [0.3, 0.4) is 0 Å². The molecule has 1 N–H and O–H groups in total. The zero-order valence-corrected chi connectivity index (χ0v) is 7.90. The third kappa shape index (κ3) is 1.37. The second kappa shape index (κ2) is 3.54. The lowest BCUT2D eigenvalue weighted by molar-refractivity contribution is 0.317. The van der Waals surface area contributed by atoms with Crippen molar-refractivity contribution in [2.24, 2.45) is 5.16 Å². The molecule has 2 aromatic rings. The van der Waals surface area contributed by atoms with Crippen molar-refractivity contribution in [2.45, 2.75) is 13.3 Å². The van der Waals surface area contributed by atoms with Crippen LogP contribution in [0.15, 0.2) is 39.9 Å². The van der Waals surface area contributed by atoms with Crippen LogP contribution in [-0.4, -0.2) is 10.9 Å². The Morgan fingerprint density at radius 3 is 2.86 bits per heavy atom. The number of hydrogen-bond donors (Lipinski definition) is 1. The Bertz CT molecular complexity index is 438. The van der Waals surface area contributed by atoms with Gasteiger partial charge in [0.15, 0.2) is 5.76 Å². The van der Waals surface area contributed by atoms with Gasteiger partial charge in [0.25, 0.3) is 0 Å². The molecular weight excluding hydrogens is 178 g/mol. The van der Waals surface area contributed by atoms with Gasteiger partial charge in [-0.3, -0.25) is 0 Å². The topological polar surface area (TPSA) is 45.7 Å². The van der Waals surface area contributed by atoms with Gasteiger partial charge < -0.3 is 9.62 Å². The van der Waals surface area contributed by atoms with Crippen LogP contribution in [0, 0.1) is 0 Å². The molecule has 0 bridgehead atoms. The fourth-order valence-corrected chi connectivity index (χ4v) is 1.42. The molecule has 14 heavy (non-hydrogen) atoms. The lowest BCUT2D eigenvalue weighted by Crippen LogP contribution is -1.95. The quantitative estimate of drug-likeness (QED) is 0.448. The third-order valence-electron chi connectivity index (χ3n) is 2.17. The van der Waals surface area contributed by atoms with E-state index >= 15 is 0 Å². The van der Waals surface area contributed by atoms with Crippen molar-refractivity contribution in [2.75, 3.05) is 0 Å². The van der Waals surface area contributed by atoms with Crippen LogP contribution < -0.4 is 0 Å². The van der Waals surface area contributed by atoms with Gasteiger partial charge in [-0.15, -0.1) is 0 Å². The van der Waals surface area contributed by atoms with Crippen LogP contribution in [0.25, 0.3) is 11.0 Å². The van der Waals surface area contributed by atoms with Crippen LogP contribution >= 0.6 is 0 Å².